The van der Waals surface area contributed by atoms with Crippen LogP contribution in [-0.2, 0) is 0 Å². The Kier molecular flexibility index (Phi) is 3.18. The molecule has 0 bridgehead atoms. The Morgan fingerprint density at radius 3 is 2.70 bits per heavy atom. The molecule has 4 N–H and O–H groups in total. The fraction of sp³-hybridized carbons (Fsp3) is 0.0667. The minimum atomic E-state index is -0.218. The number of para-hydroxylation sites is 1. The van der Waals surface area contributed by atoms with Gasteiger partial charge in [-0.05, 0) is 12.1 Å². The number of imidazole rings is 1. The van der Waals surface area contributed by atoms with Gasteiger partial charge in [-0.1, -0.05) is 36.4 Å². The van der Waals surface area contributed by atoms with Crippen LogP contribution in [0.25, 0.3) is 22.4 Å². The summed E-state index contributed by atoms with van der Waals surface area (Å²) in [4.78, 5) is 19.7. The first kappa shape index (κ1) is 12.4. The Bertz CT molecular complexity index is 749. The lowest BCUT2D eigenvalue weighted by Crippen LogP contribution is -2.29. The van der Waals surface area contributed by atoms with Gasteiger partial charge in [-0.3, -0.25) is 4.79 Å². The van der Waals surface area contributed by atoms with Gasteiger partial charge in [0.1, 0.15) is 11.3 Å². The van der Waals surface area contributed by atoms with Crippen LogP contribution in [0.4, 0.5) is 0 Å². The molecule has 0 aliphatic carbocycles. The predicted molar refractivity (Wildman–Crippen MR) is 78.1 cm³/mol. The van der Waals surface area contributed by atoms with Crippen molar-refractivity contribution in [1.82, 2.24) is 15.3 Å². The molecule has 0 saturated carbocycles. The molecule has 1 heterocycles. The van der Waals surface area contributed by atoms with Crippen LogP contribution in [0, 0.1) is 0 Å². The van der Waals surface area contributed by atoms with E-state index in [1.54, 1.807) is 6.07 Å². The van der Waals surface area contributed by atoms with E-state index in [4.69, 9.17) is 5.73 Å². The number of hydrogen-bond donors (Lipinski definition) is 3. The molecular formula is C15H14N4O. The summed E-state index contributed by atoms with van der Waals surface area (Å²) in [5.41, 5.74) is 8.32. The highest BCUT2D eigenvalue weighted by molar-refractivity contribution is 6.05. The average Bonchev–Trinajstić information content (AvgIpc) is 2.92. The minimum Gasteiger partial charge on any atom is -0.340 e. The summed E-state index contributed by atoms with van der Waals surface area (Å²) >= 11 is 0. The number of hydrogen-bond acceptors (Lipinski definition) is 3. The van der Waals surface area contributed by atoms with E-state index in [0.29, 0.717) is 11.1 Å². The zero-order chi connectivity index (χ0) is 13.9. The fourth-order valence-electron chi connectivity index (χ4n) is 2.14. The summed E-state index contributed by atoms with van der Waals surface area (Å²) in [7, 11) is 0. The maximum absolute atomic E-state index is 12.0. The molecule has 0 saturated heterocycles. The van der Waals surface area contributed by atoms with E-state index in [0.717, 1.165) is 16.9 Å². The van der Waals surface area contributed by atoms with Gasteiger partial charge in [0, 0.05) is 5.56 Å². The summed E-state index contributed by atoms with van der Waals surface area (Å²) in [5, 5.41) is 2.59. The van der Waals surface area contributed by atoms with Crippen molar-refractivity contribution in [2.75, 3.05) is 6.67 Å². The number of rotatable bonds is 3. The first-order chi connectivity index (χ1) is 9.79. The molecule has 1 aromatic heterocycles. The van der Waals surface area contributed by atoms with E-state index < -0.39 is 0 Å². The van der Waals surface area contributed by atoms with Crippen molar-refractivity contribution < 1.29 is 4.79 Å². The fourth-order valence-corrected chi connectivity index (χ4v) is 2.14. The Balaban J connectivity index is 2.12. The molecule has 0 radical (unpaired) electrons. The Morgan fingerprint density at radius 1 is 1.15 bits per heavy atom. The molecule has 2 aromatic carbocycles. The number of H-pyrrole nitrogens is 1. The molecular weight excluding hydrogens is 252 g/mol. The molecule has 100 valence electrons. The van der Waals surface area contributed by atoms with Gasteiger partial charge in [-0.15, -0.1) is 0 Å². The monoisotopic (exact) mass is 266 g/mol. The lowest BCUT2D eigenvalue weighted by Gasteiger charge is -2.01. The second-order valence-electron chi connectivity index (χ2n) is 4.36. The molecule has 0 fully saturated rings. The van der Waals surface area contributed by atoms with Crippen LogP contribution in [0.15, 0.2) is 48.5 Å². The summed E-state index contributed by atoms with van der Waals surface area (Å²) in [5.74, 6) is 0.526. The van der Waals surface area contributed by atoms with E-state index in [-0.39, 0.29) is 12.6 Å². The largest absolute Gasteiger partial charge is 0.340 e. The Morgan fingerprint density at radius 2 is 1.95 bits per heavy atom. The van der Waals surface area contributed by atoms with Crippen molar-refractivity contribution >= 4 is 16.9 Å². The van der Waals surface area contributed by atoms with Crippen molar-refractivity contribution in [3.63, 3.8) is 0 Å². The molecule has 0 aliphatic heterocycles. The maximum atomic E-state index is 12.0. The maximum Gasteiger partial charge on any atom is 0.254 e. The van der Waals surface area contributed by atoms with Gasteiger partial charge in [-0.2, -0.15) is 0 Å². The molecule has 5 nitrogen and oxygen atoms in total. The quantitative estimate of drug-likeness (QED) is 0.633. The number of nitrogens with zero attached hydrogens (tertiary/aromatic N) is 1. The van der Waals surface area contributed by atoms with Gasteiger partial charge in [-0.25, -0.2) is 4.98 Å². The molecule has 3 aromatic rings. The third-order valence-corrected chi connectivity index (χ3v) is 3.07. The SMILES string of the molecule is NCNC(=O)c1cccc2[nH]c(-c3ccccc3)nc12. The van der Waals surface area contributed by atoms with Crippen LogP contribution < -0.4 is 11.1 Å². The molecule has 0 unspecified atom stereocenters. The number of amides is 1. The number of fused-ring (bicyclic) bond motifs is 1. The van der Waals surface area contributed by atoms with Crippen LogP contribution >= 0.6 is 0 Å². The summed E-state index contributed by atoms with van der Waals surface area (Å²) in [6, 6.07) is 15.2. The van der Waals surface area contributed by atoms with Gasteiger partial charge in [0.25, 0.3) is 5.91 Å². The number of nitrogens with one attached hydrogen (secondary N) is 2. The first-order valence-electron chi connectivity index (χ1n) is 6.32. The summed E-state index contributed by atoms with van der Waals surface area (Å²) in [6.45, 7) is 0.102. The van der Waals surface area contributed by atoms with Crippen LogP contribution in [0.3, 0.4) is 0 Å². The number of carbonyl (C=O) groups excluding carboxylic acids is 1. The minimum absolute atomic E-state index is 0.102. The smallest absolute Gasteiger partial charge is 0.254 e. The lowest BCUT2D eigenvalue weighted by molar-refractivity contribution is 0.0956. The van der Waals surface area contributed by atoms with Crippen LogP contribution in [-0.4, -0.2) is 22.5 Å². The molecule has 20 heavy (non-hydrogen) atoms. The standard InChI is InChI=1S/C15H14N4O/c16-9-17-15(20)11-7-4-8-12-13(11)19-14(18-12)10-5-2-1-3-6-10/h1-8H,9,16H2,(H,17,20)(H,18,19). The third kappa shape index (κ3) is 2.15. The molecule has 0 spiro atoms. The topological polar surface area (TPSA) is 83.8 Å². The second kappa shape index (κ2) is 5.14. The van der Waals surface area contributed by atoms with E-state index in [2.05, 4.69) is 15.3 Å². The Labute approximate surface area is 115 Å². The van der Waals surface area contributed by atoms with E-state index in [1.807, 2.05) is 42.5 Å². The van der Waals surface area contributed by atoms with Gasteiger partial charge >= 0.3 is 0 Å². The summed E-state index contributed by atoms with van der Waals surface area (Å²) < 4.78 is 0. The number of aromatic amines is 1. The number of carbonyl (C=O) groups is 1. The van der Waals surface area contributed by atoms with Crippen molar-refractivity contribution in [3.8, 4) is 11.4 Å². The van der Waals surface area contributed by atoms with Crippen molar-refractivity contribution in [3.05, 3.63) is 54.1 Å². The van der Waals surface area contributed by atoms with Crippen molar-refractivity contribution in [2.45, 2.75) is 0 Å². The zero-order valence-corrected chi connectivity index (χ0v) is 10.8. The number of nitrogens with two attached hydrogens (primary N) is 1. The van der Waals surface area contributed by atoms with Crippen LogP contribution in [0.1, 0.15) is 10.4 Å². The molecule has 3 rings (SSSR count). The molecule has 0 atom stereocenters. The van der Waals surface area contributed by atoms with E-state index in [1.165, 1.54) is 0 Å². The average molecular weight is 266 g/mol. The second-order valence-corrected chi connectivity index (χ2v) is 4.36. The van der Waals surface area contributed by atoms with Crippen LogP contribution in [0.5, 0.6) is 0 Å². The highest BCUT2D eigenvalue weighted by Crippen LogP contribution is 2.22. The van der Waals surface area contributed by atoms with E-state index in [9.17, 15) is 4.79 Å². The number of benzene rings is 2. The third-order valence-electron chi connectivity index (χ3n) is 3.07. The predicted octanol–water partition coefficient (Wildman–Crippen LogP) is 1.88. The van der Waals surface area contributed by atoms with Crippen molar-refractivity contribution in [1.29, 1.82) is 0 Å². The summed E-state index contributed by atoms with van der Waals surface area (Å²) in [6.07, 6.45) is 0. The van der Waals surface area contributed by atoms with Crippen molar-refractivity contribution in [2.24, 2.45) is 5.73 Å². The number of aromatic nitrogens is 2. The van der Waals surface area contributed by atoms with Gasteiger partial charge in [0.05, 0.1) is 17.7 Å². The van der Waals surface area contributed by atoms with Gasteiger partial charge in [0.15, 0.2) is 0 Å². The highest BCUT2D eigenvalue weighted by atomic mass is 16.1. The molecule has 0 aliphatic rings. The molecule has 1 amide bonds. The normalized spacial score (nSPS) is 10.7. The van der Waals surface area contributed by atoms with E-state index >= 15 is 0 Å². The highest BCUT2D eigenvalue weighted by Gasteiger charge is 2.13. The first-order valence-corrected chi connectivity index (χ1v) is 6.32. The Hall–Kier alpha value is -2.66. The zero-order valence-electron chi connectivity index (χ0n) is 10.8. The lowest BCUT2D eigenvalue weighted by atomic mass is 10.2. The van der Waals surface area contributed by atoms with Crippen LogP contribution in [0.2, 0.25) is 0 Å². The molecule has 5 heteroatoms. The van der Waals surface area contributed by atoms with Gasteiger partial charge < -0.3 is 16.0 Å². The van der Waals surface area contributed by atoms with Gasteiger partial charge in [0.2, 0.25) is 0 Å².